The number of halogens is 3. The number of anilines is 1. The van der Waals surface area contributed by atoms with Crippen molar-refractivity contribution in [3.63, 3.8) is 0 Å². The Morgan fingerprint density at radius 2 is 1.88 bits per heavy atom. The van der Waals surface area contributed by atoms with Crippen LogP contribution < -0.4 is 10.1 Å². The summed E-state index contributed by atoms with van der Waals surface area (Å²) in [6, 6.07) is 12.9. The Balaban J connectivity index is 1.71. The molecule has 0 spiro atoms. The Hall–Kier alpha value is -2.35. The number of aryl methyl sites for hydroxylation is 1. The van der Waals surface area contributed by atoms with E-state index in [4.69, 9.17) is 0 Å². The highest BCUT2D eigenvalue weighted by Crippen LogP contribution is 2.39. The standard InChI is InChI=1S/C18H17F3N2O2S/c1-12-4-2-3-5-15(12)22-17(24)23-10-11-26-16(23)13-6-8-14(9-7-13)25-18(19,20)21/h2-9,16H,10-11H2,1H3,(H,22,24). The number of thioether (sulfide) groups is 1. The first-order chi connectivity index (χ1) is 12.3. The van der Waals surface area contributed by atoms with Gasteiger partial charge >= 0.3 is 12.4 Å². The summed E-state index contributed by atoms with van der Waals surface area (Å²) in [5, 5.41) is 2.64. The van der Waals surface area contributed by atoms with Gasteiger partial charge in [-0.15, -0.1) is 24.9 Å². The summed E-state index contributed by atoms with van der Waals surface area (Å²) in [4.78, 5) is 14.3. The first kappa shape index (κ1) is 18.4. The molecular weight excluding hydrogens is 365 g/mol. The van der Waals surface area contributed by atoms with E-state index in [2.05, 4.69) is 10.1 Å². The van der Waals surface area contributed by atoms with E-state index in [1.165, 1.54) is 12.1 Å². The first-order valence-corrected chi connectivity index (χ1v) is 8.99. The number of alkyl halides is 3. The molecular formula is C18H17F3N2O2S. The quantitative estimate of drug-likeness (QED) is 0.796. The lowest BCUT2D eigenvalue weighted by molar-refractivity contribution is -0.274. The van der Waals surface area contributed by atoms with Crippen molar-refractivity contribution in [1.82, 2.24) is 4.90 Å². The predicted molar refractivity (Wildman–Crippen MR) is 95.2 cm³/mol. The van der Waals surface area contributed by atoms with Gasteiger partial charge in [0, 0.05) is 18.0 Å². The fourth-order valence-electron chi connectivity index (χ4n) is 2.69. The molecule has 1 aliphatic heterocycles. The molecule has 2 aromatic rings. The number of ether oxygens (including phenoxy) is 1. The van der Waals surface area contributed by atoms with Crippen LogP contribution in [0.1, 0.15) is 16.5 Å². The fraction of sp³-hybridized carbons (Fsp3) is 0.278. The van der Waals surface area contributed by atoms with Gasteiger partial charge in [0.1, 0.15) is 11.1 Å². The zero-order valence-electron chi connectivity index (χ0n) is 13.9. The molecule has 1 saturated heterocycles. The number of carbonyl (C=O) groups excluding carboxylic acids is 1. The van der Waals surface area contributed by atoms with Crippen molar-refractivity contribution < 1.29 is 22.7 Å². The Kier molecular flexibility index (Phi) is 5.31. The van der Waals surface area contributed by atoms with Gasteiger partial charge in [0.15, 0.2) is 0 Å². The maximum absolute atomic E-state index is 12.6. The van der Waals surface area contributed by atoms with E-state index >= 15 is 0 Å². The Morgan fingerprint density at radius 3 is 2.54 bits per heavy atom. The summed E-state index contributed by atoms with van der Waals surface area (Å²) in [6.45, 7) is 2.47. The van der Waals surface area contributed by atoms with Crippen molar-refractivity contribution >= 4 is 23.5 Å². The van der Waals surface area contributed by atoms with Gasteiger partial charge in [-0.25, -0.2) is 4.79 Å². The number of nitrogens with zero attached hydrogens (tertiary/aromatic N) is 1. The zero-order chi connectivity index (χ0) is 18.7. The number of benzene rings is 2. The normalized spacial score (nSPS) is 17.2. The molecule has 1 aliphatic rings. The van der Waals surface area contributed by atoms with Crippen LogP contribution in [0.3, 0.4) is 0 Å². The molecule has 1 heterocycles. The van der Waals surface area contributed by atoms with E-state index in [0.29, 0.717) is 6.54 Å². The van der Waals surface area contributed by atoms with Crippen molar-refractivity contribution in [2.45, 2.75) is 18.7 Å². The van der Waals surface area contributed by atoms with E-state index in [9.17, 15) is 18.0 Å². The Morgan fingerprint density at radius 1 is 1.19 bits per heavy atom. The summed E-state index contributed by atoms with van der Waals surface area (Å²) >= 11 is 1.57. The molecule has 8 heteroatoms. The number of rotatable bonds is 3. The molecule has 2 amide bonds. The second kappa shape index (κ2) is 7.49. The molecule has 26 heavy (non-hydrogen) atoms. The van der Waals surface area contributed by atoms with Gasteiger partial charge in [-0.05, 0) is 36.2 Å². The third-order valence-corrected chi connectivity index (χ3v) is 5.20. The SMILES string of the molecule is Cc1ccccc1NC(=O)N1CCSC1c1ccc(OC(F)(F)F)cc1. The van der Waals surface area contributed by atoms with E-state index in [1.54, 1.807) is 28.8 Å². The molecule has 0 aromatic heterocycles. The molecule has 0 radical (unpaired) electrons. The molecule has 3 rings (SSSR count). The van der Waals surface area contributed by atoms with Crippen LogP contribution in [0.25, 0.3) is 0 Å². The van der Waals surface area contributed by atoms with Crippen molar-refractivity contribution in [2.75, 3.05) is 17.6 Å². The van der Waals surface area contributed by atoms with Gasteiger partial charge in [-0.1, -0.05) is 30.3 Å². The van der Waals surface area contributed by atoms with Crippen LogP contribution in [0.15, 0.2) is 48.5 Å². The second-order valence-corrected chi connectivity index (χ2v) is 6.97. The van der Waals surface area contributed by atoms with Crippen LogP contribution in [0.2, 0.25) is 0 Å². The van der Waals surface area contributed by atoms with Crippen LogP contribution in [0.5, 0.6) is 5.75 Å². The molecule has 0 aliphatic carbocycles. The van der Waals surface area contributed by atoms with Gasteiger partial charge in [0.2, 0.25) is 0 Å². The van der Waals surface area contributed by atoms with Crippen molar-refractivity contribution in [3.05, 3.63) is 59.7 Å². The lowest BCUT2D eigenvalue weighted by atomic mass is 10.2. The summed E-state index contributed by atoms with van der Waals surface area (Å²) < 4.78 is 40.7. The van der Waals surface area contributed by atoms with E-state index in [1.807, 2.05) is 31.2 Å². The number of para-hydroxylation sites is 1. The Bertz CT molecular complexity index is 781. The van der Waals surface area contributed by atoms with Crippen molar-refractivity contribution in [1.29, 1.82) is 0 Å². The lowest BCUT2D eigenvalue weighted by Crippen LogP contribution is -2.34. The second-order valence-electron chi connectivity index (χ2n) is 5.78. The highest BCUT2D eigenvalue weighted by atomic mass is 32.2. The minimum absolute atomic E-state index is 0.232. The van der Waals surface area contributed by atoms with Crippen LogP contribution in [-0.2, 0) is 0 Å². The molecule has 1 N–H and O–H groups in total. The van der Waals surface area contributed by atoms with E-state index in [0.717, 1.165) is 22.6 Å². The van der Waals surface area contributed by atoms with Gasteiger partial charge in [0.05, 0.1) is 0 Å². The molecule has 0 saturated carbocycles. The number of hydrogen-bond donors (Lipinski definition) is 1. The molecule has 1 fully saturated rings. The van der Waals surface area contributed by atoms with E-state index < -0.39 is 6.36 Å². The summed E-state index contributed by atoms with van der Waals surface area (Å²) in [6.07, 6.45) is -4.72. The molecule has 1 unspecified atom stereocenters. The summed E-state index contributed by atoms with van der Waals surface area (Å²) in [5.41, 5.74) is 2.45. The Labute approximate surface area is 153 Å². The number of carbonyl (C=O) groups is 1. The maximum atomic E-state index is 12.6. The van der Waals surface area contributed by atoms with Gasteiger partial charge in [-0.3, -0.25) is 0 Å². The average molecular weight is 382 g/mol. The highest BCUT2D eigenvalue weighted by molar-refractivity contribution is 7.99. The minimum atomic E-state index is -4.72. The number of hydrogen-bond acceptors (Lipinski definition) is 3. The molecule has 138 valence electrons. The maximum Gasteiger partial charge on any atom is 0.573 e. The van der Waals surface area contributed by atoms with Crippen LogP contribution in [0, 0.1) is 6.92 Å². The smallest absolute Gasteiger partial charge is 0.406 e. The zero-order valence-corrected chi connectivity index (χ0v) is 14.7. The highest BCUT2D eigenvalue weighted by Gasteiger charge is 2.33. The molecule has 0 bridgehead atoms. The minimum Gasteiger partial charge on any atom is -0.406 e. The predicted octanol–water partition coefficient (Wildman–Crippen LogP) is 5.17. The largest absolute Gasteiger partial charge is 0.573 e. The van der Waals surface area contributed by atoms with Gasteiger partial charge in [-0.2, -0.15) is 0 Å². The van der Waals surface area contributed by atoms with Crippen molar-refractivity contribution in [3.8, 4) is 5.75 Å². The fourth-order valence-corrected chi connectivity index (χ4v) is 3.94. The van der Waals surface area contributed by atoms with Crippen molar-refractivity contribution in [2.24, 2.45) is 0 Å². The summed E-state index contributed by atoms with van der Waals surface area (Å²) in [7, 11) is 0. The molecule has 1 atom stereocenters. The van der Waals surface area contributed by atoms with Crippen LogP contribution in [-0.4, -0.2) is 29.6 Å². The van der Waals surface area contributed by atoms with Gasteiger partial charge < -0.3 is 15.0 Å². The average Bonchev–Trinajstić information content (AvgIpc) is 3.06. The summed E-state index contributed by atoms with van der Waals surface area (Å²) in [5.74, 6) is 0.479. The number of amides is 2. The van der Waals surface area contributed by atoms with Gasteiger partial charge in [0.25, 0.3) is 0 Å². The molecule has 2 aromatic carbocycles. The molecule has 4 nitrogen and oxygen atoms in total. The third-order valence-electron chi connectivity index (χ3n) is 3.94. The van der Waals surface area contributed by atoms with Crippen LogP contribution >= 0.6 is 11.8 Å². The van der Waals surface area contributed by atoms with E-state index in [-0.39, 0.29) is 17.2 Å². The number of nitrogens with one attached hydrogen (secondary N) is 1. The monoisotopic (exact) mass is 382 g/mol. The lowest BCUT2D eigenvalue weighted by Gasteiger charge is -2.25. The van der Waals surface area contributed by atoms with Crippen LogP contribution in [0.4, 0.5) is 23.7 Å². The third kappa shape index (κ3) is 4.43. The first-order valence-electron chi connectivity index (χ1n) is 7.94. The topological polar surface area (TPSA) is 41.6 Å². The number of urea groups is 1.